The highest BCUT2D eigenvalue weighted by molar-refractivity contribution is 7.47. The molecule has 0 saturated heterocycles. The van der Waals surface area contributed by atoms with Crippen molar-refractivity contribution >= 4 is 15.6 Å². The highest BCUT2D eigenvalue weighted by Gasteiger charge is 2.24. The first kappa shape index (κ1) is 50.2. The fraction of sp³-hybridized carbons (Fsp3) is 1.00. The molecule has 6 N–H and O–H groups in total. The molecule has 0 heterocycles. The molecule has 14 heteroatoms. The summed E-state index contributed by atoms with van der Waals surface area (Å²) < 4.78 is 41.7. The van der Waals surface area contributed by atoms with Crippen molar-refractivity contribution in [3.8, 4) is 0 Å². The largest absolute Gasteiger partial charge is 0.472 e. The summed E-state index contributed by atoms with van der Waals surface area (Å²) in [5.41, 5.74) is 0. The Balaban J connectivity index is 0. The average molecular weight is 737 g/mol. The Morgan fingerprint density at radius 2 is 0.646 bits per heavy atom. The van der Waals surface area contributed by atoms with Gasteiger partial charge in [-0.25, -0.2) is 9.13 Å². The van der Waals surface area contributed by atoms with Gasteiger partial charge in [-0.2, -0.15) is 0 Å². The summed E-state index contributed by atoms with van der Waals surface area (Å²) in [5.74, 6) is 0. The predicted molar refractivity (Wildman–Crippen MR) is 192 cm³/mol. The van der Waals surface area contributed by atoms with Crippen LogP contribution in [0.5, 0.6) is 0 Å². The van der Waals surface area contributed by atoms with E-state index in [2.05, 4.69) is 22.9 Å². The standard InChI is InChI=1S/C28H59O4P.C6H15O8P/c1-3-5-7-9-11-13-15-17-19-21-23-25-27-31-33(29,30)32-28-26-24-22-20-18-16-14-12-10-8-6-4-2;7-1-5(9)3-13-15(11,12)14-4-6(10)2-8/h3-28H2,1-2H3,(H,29,30);5-10H,1-4H2,(H,11,12). The van der Waals surface area contributed by atoms with Gasteiger partial charge in [-0.15, -0.1) is 0 Å². The summed E-state index contributed by atoms with van der Waals surface area (Å²) in [6.45, 7) is 2.81. The molecule has 0 aromatic heterocycles. The smallest absolute Gasteiger partial charge is 0.394 e. The van der Waals surface area contributed by atoms with Crippen LogP contribution in [0.2, 0.25) is 0 Å². The molecule has 0 aromatic rings. The molecule has 2 atom stereocenters. The monoisotopic (exact) mass is 736 g/mol. The maximum atomic E-state index is 11.9. The second-order valence-corrected chi connectivity index (χ2v) is 15.6. The first-order valence-corrected chi connectivity index (χ1v) is 21.8. The molecule has 12 nitrogen and oxygen atoms in total. The average Bonchev–Trinajstić information content (AvgIpc) is 3.07. The van der Waals surface area contributed by atoms with Crippen molar-refractivity contribution in [1.82, 2.24) is 0 Å². The van der Waals surface area contributed by atoms with Crippen LogP contribution >= 0.6 is 15.6 Å². The molecule has 0 spiro atoms. The molecule has 0 saturated carbocycles. The highest BCUT2D eigenvalue weighted by Crippen LogP contribution is 2.44. The number of rotatable bonds is 36. The third-order valence-electron chi connectivity index (χ3n) is 7.79. The topological polar surface area (TPSA) is 192 Å². The van der Waals surface area contributed by atoms with E-state index >= 15 is 0 Å². The molecule has 0 radical (unpaired) electrons. The minimum absolute atomic E-state index is 0.323. The number of hydrogen-bond donors (Lipinski definition) is 6. The van der Waals surface area contributed by atoms with E-state index in [9.17, 15) is 14.0 Å². The number of aliphatic hydroxyl groups excluding tert-OH is 4. The van der Waals surface area contributed by atoms with Crippen LogP contribution in [0.15, 0.2) is 0 Å². The number of phosphoric ester groups is 2. The molecule has 0 aromatic carbocycles. The van der Waals surface area contributed by atoms with Gasteiger partial charge in [0.15, 0.2) is 0 Å². The lowest BCUT2D eigenvalue weighted by Gasteiger charge is -2.15. The van der Waals surface area contributed by atoms with Crippen LogP contribution in [0.25, 0.3) is 0 Å². The van der Waals surface area contributed by atoms with E-state index in [1.54, 1.807) is 0 Å². The van der Waals surface area contributed by atoms with Gasteiger partial charge in [0.1, 0.15) is 12.2 Å². The lowest BCUT2D eigenvalue weighted by molar-refractivity contribution is 0.0160. The van der Waals surface area contributed by atoms with Crippen LogP contribution in [-0.4, -0.2) is 82.1 Å². The van der Waals surface area contributed by atoms with Gasteiger partial charge in [0, 0.05) is 0 Å². The van der Waals surface area contributed by atoms with Crippen molar-refractivity contribution in [3.63, 3.8) is 0 Å². The Morgan fingerprint density at radius 3 is 0.896 bits per heavy atom. The molecule has 0 aliphatic rings. The zero-order valence-corrected chi connectivity index (χ0v) is 32.2. The first-order chi connectivity index (χ1) is 23.0. The molecule has 0 bridgehead atoms. The molecule has 0 fully saturated rings. The van der Waals surface area contributed by atoms with Crippen molar-refractivity contribution in [3.05, 3.63) is 0 Å². The molecule has 0 amide bonds. The summed E-state index contributed by atoms with van der Waals surface area (Å²) in [5, 5.41) is 34.3. The summed E-state index contributed by atoms with van der Waals surface area (Å²) >= 11 is 0. The van der Waals surface area contributed by atoms with Gasteiger partial charge in [0.25, 0.3) is 0 Å². The molecular weight excluding hydrogens is 662 g/mol. The van der Waals surface area contributed by atoms with Crippen LogP contribution in [0.3, 0.4) is 0 Å². The summed E-state index contributed by atoms with van der Waals surface area (Å²) in [7, 11) is -8.23. The van der Waals surface area contributed by atoms with E-state index in [1.165, 1.54) is 128 Å². The first-order valence-electron chi connectivity index (χ1n) is 18.8. The molecule has 0 rings (SSSR count). The van der Waals surface area contributed by atoms with Crippen molar-refractivity contribution in [2.75, 3.05) is 39.6 Å². The SMILES string of the molecule is CCCCCCCCCCCCCCOP(=O)(O)OCCCCCCCCCCCCCC.O=P(O)(OCC(O)CO)OCC(O)CO. The zero-order chi connectivity index (χ0) is 36.2. The molecule has 2 unspecified atom stereocenters. The third kappa shape index (κ3) is 40.5. The Hall–Kier alpha value is 0.0600. The van der Waals surface area contributed by atoms with Crippen LogP contribution in [-0.2, 0) is 27.2 Å². The van der Waals surface area contributed by atoms with E-state index < -0.39 is 54.3 Å². The number of phosphoric acid groups is 2. The van der Waals surface area contributed by atoms with Crippen LogP contribution in [0.4, 0.5) is 0 Å². The Labute approximate surface area is 292 Å². The van der Waals surface area contributed by atoms with Gasteiger partial charge in [0.05, 0.1) is 39.6 Å². The summed E-state index contributed by atoms with van der Waals surface area (Å²) in [4.78, 5) is 18.7. The fourth-order valence-electron chi connectivity index (χ4n) is 4.79. The van der Waals surface area contributed by atoms with Gasteiger partial charge >= 0.3 is 15.6 Å². The lowest BCUT2D eigenvalue weighted by atomic mass is 10.1. The van der Waals surface area contributed by atoms with Crippen LogP contribution < -0.4 is 0 Å². The minimum Gasteiger partial charge on any atom is -0.394 e. The summed E-state index contributed by atoms with van der Waals surface area (Å²) in [6.07, 6.45) is 28.0. The van der Waals surface area contributed by atoms with E-state index in [0.717, 1.165) is 25.7 Å². The van der Waals surface area contributed by atoms with Gasteiger partial charge in [-0.1, -0.05) is 155 Å². The molecule has 48 heavy (non-hydrogen) atoms. The molecular formula is C34H74O12P2. The summed E-state index contributed by atoms with van der Waals surface area (Å²) in [6, 6.07) is 0. The van der Waals surface area contributed by atoms with Gasteiger partial charge in [-0.05, 0) is 12.8 Å². The van der Waals surface area contributed by atoms with Crippen LogP contribution in [0, 0.1) is 0 Å². The Kier molecular flexibility index (Phi) is 38.5. The predicted octanol–water partition coefficient (Wildman–Crippen LogP) is 8.35. The number of unbranched alkanes of at least 4 members (excludes halogenated alkanes) is 22. The normalized spacial score (nSPS) is 14.3. The van der Waals surface area contributed by atoms with E-state index in [-0.39, 0.29) is 0 Å². The van der Waals surface area contributed by atoms with E-state index in [4.69, 9.17) is 34.4 Å². The molecule has 292 valence electrons. The molecule has 0 aliphatic carbocycles. The van der Waals surface area contributed by atoms with E-state index in [0.29, 0.717) is 13.2 Å². The quantitative estimate of drug-likeness (QED) is 0.0266. The molecule has 0 aliphatic heterocycles. The number of hydrogen-bond acceptors (Lipinski definition) is 10. The Morgan fingerprint density at radius 1 is 0.417 bits per heavy atom. The maximum Gasteiger partial charge on any atom is 0.472 e. The third-order valence-corrected chi connectivity index (χ3v) is 9.75. The second kappa shape index (κ2) is 36.8. The van der Waals surface area contributed by atoms with Crippen molar-refractivity contribution < 1.29 is 57.4 Å². The van der Waals surface area contributed by atoms with Crippen molar-refractivity contribution in [2.45, 2.75) is 180 Å². The van der Waals surface area contributed by atoms with Gasteiger partial charge < -0.3 is 30.2 Å². The maximum absolute atomic E-state index is 11.9. The second-order valence-electron chi connectivity index (χ2n) is 12.6. The minimum atomic E-state index is -4.37. The fourth-order valence-corrected chi connectivity index (χ4v) is 6.38. The number of aliphatic hydroxyl groups is 4. The lowest BCUT2D eigenvalue weighted by Crippen LogP contribution is -2.21. The highest BCUT2D eigenvalue weighted by atomic mass is 31.2. The van der Waals surface area contributed by atoms with Crippen molar-refractivity contribution in [1.29, 1.82) is 0 Å². The van der Waals surface area contributed by atoms with Crippen molar-refractivity contribution in [2.24, 2.45) is 0 Å². The van der Waals surface area contributed by atoms with Crippen LogP contribution in [0.1, 0.15) is 168 Å². The van der Waals surface area contributed by atoms with E-state index in [1.807, 2.05) is 0 Å². The van der Waals surface area contributed by atoms with Gasteiger partial charge in [-0.3, -0.25) is 18.1 Å². The Bertz CT molecular complexity index is 695. The zero-order valence-electron chi connectivity index (χ0n) is 30.4. The van der Waals surface area contributed by atoms with Gasteiger partial charge in [0.2, 0.25) is 0 Å².